The van der Waals surface area contributed by atoms with Gasteiger partial charge in [-0.15, -0.1) is 0 Å². The Hall–Kier alpha value is -1.14. The van der Waals surface area contributed by atoms with Crippen molar-refractivity contribution in [3.05, 3.63) is 0 Å². The lowest BCUT2D eigenvalue weighted by molar-refractivity contribution is -0.145. The molecule has 0 radical (unpaired) electrons. The highest BCUT2D eigenvalue weighted by Gasteiger charge is 2.13. The molecule has 1 atom stereocenters. The fourth-order valence-corrected chi connectivity index (χ4v) is 8.30. The summed E-state index contributed by atoms with van der Waals surface area (Å²) in [6.45, 7) is 19.1. The molecule has 0 aromatic rings. The lowest BCUT2D eigenvalue weighted by Gasteiger charge is -2.20. The van der Waals surface area contributed by atoms with Crippen molar-refractivity contribution in [2.24, 2.45) is 11.8 Å². The van der Waals surface area contributed by atoms with E-state index in [2.05, 4.69) is 46.4 Å². The van der Waals surface area contributed by atoms with Crippen molar-refractivity contribution in [3.63, 3.8) is 0 Å². The summed E-state index contributed by atoms with van der Waals surface area (Å²) in [6, 6.07) is 0. The molecule has 0 rings (SSSR count). The standard InChI is InChI=1S/C51H101NO5/c1-7-13-23-33-47(34-24-14-8-2)41-45-56-50(53)39-29-20-18-17-19-27-37-49(55-44-32-31-43-52(11-5)12-6)38-28-21-22-30-40-51(54)57-46-42-48(35-25-15-9-3)36-26-16-10-4/h47-49H,7-46H2,1-6H3. The molecule has 340 valence electrons. The topological polar surface area (TPSA) is 65.1 Å². The van der Waals surface area contributed by atoms with Gasteiger partial charge >= 0.3 is 11.9 Å². The van der Waals surface area contributed by atoms with E-state index in [1.165, 1.54) is 148 Å². The first-order chi connectivity index (χ1) is 27.9. The highest BCUT2D eigenvalue weighted by Crippen LogP contribution is 2.23. The molecule has 0 aliphatic heterocycles. The maximum absolute atomic E-state index is 12.5. The number of ether oxygens (including phenoxy) is 3. The van der Waals surface area contributed by atoms with Gasteiger partial charge in [0, 0.05) is 19.4 Å². The van der Waals surface area contributed by atoms with Gasteiger partial charge < -0.3 is 19.1 Å². The SMILES string of the molecule is CCCCCC(CCCCC)CCOC(=O)CCCCCCCCC(CCCCCCC(=O)OCCC(CCCCC)CCCCC)OCCCCN(CC)CC. The number of hydrogen-bond acceptors (Lipinski definition) is 6. The first kappa shape index (κ1) is 55.9. The Kier molecular flexibility index (Phi) is 43.5. The van der Waals surface area contributed by atoms with E-state index < -0.39 is 0 Å². The van der Waals surface area contributed by atoms with Gasteiger partial charge in [-0.3, -0.25) is 9.59 Å². The number of hydrogen-bond donors (Lipinski definition) is 0. The van der Waals surface area contributed by atoms with Crippen molar-refractivity contribution in [1.82, 2.24) is 4.90 Å². The molecule has 1 unspecified atom stereocenters. The number of carbonyl (C=O) groups is 2. The van der Waals surface area contributed by atoms with E-state index in [1.54, 1.807) is 0 Å². The molecule has 0 fully saturated rings. The zero-order valence-electron chi connectivity index (χ0n) is 39.5. The second-order valence-electron chi connectivity index (χ2n) is 17.6. The predicted molar refractivity (Wildman–Crippen MR) is 246 cm³/mol. The smallest absolute Gasteiger partial charge is 0.305 e. The molecular weight excluding hydrogens is 707 g/mol. The number of carbonyl (C=O) groups excluding carboxylic acids is 2. The lowest BCUT2D eigenvalue weighted by atomic mass is 9.92. The van der Waals surface area contributed by atoms with E-state index in [0.29, 0.717) is 44.0 Å². The normalized spacial score (nSPS) is 12.3. The Morgan fingerprint density at radius 3 is 1.14 bits per heavy atom. The van der Waals surface area contributed by atoms with Gasteiger partial charge in [-0.05, 0) is 82.8 Å². The number of nitrogens with zero attached hydrogens (tertiary/aromatic N) is 1. The molecule has 0 saturated carbocycles. The maximum Gasteiger partial charge on any atom is 0.305 e. The Balaban J connectivity index is 4.34. The Morgan fingerprint density at radius 1 is 0.386 bits per heavy atom. The van der Waals surface area contributed by atoms with E-state index in [9.17, 15) is 9.59 Å². The molecule has 0 aromatic carbocycles. The lowest BCUT2D eigenvalue weighted by Crippen LogP contribution is -2.24. The number of esters is 2. The molecule has 0 spiro atoms. The number of rotatable bonds is 46. The molecule has 0 heterocycles. The summed E-state index contributed by atoms with van der Waals surface area (Å²) in [4.78, 5) is 27.3. The van der Waals surface area contributed by atoms with Crippen molar-refractivity contribution in [2.75, 3.05) is 39.5 Å². The molecule has 0 bridgehead atoms. The third kappa shape index (κ3) is 38.8. The van der Waals surface area contributed by atoms with Crippen LogP contribution in [0.1, 0.15) is 260 Å². The number of unbranched alkanes of at least 4 members (excludes halogenated alkanes) is 17. The van der Waals surface area contributed by atoms with Gasteiger partial charge in [0.05, 0.1) is 19.3 Å². The first-order valence-corrected chi connectivity index (χ1v) is 25.6. The van der Waals surface area contributed by atoms with Gasteiger partial charge in [-0.25, -0.2) is 0 Å². The fraction of sp³-hybridized carbons (Fsp3) is 0.961. The summed E-state index contributed by atoms with van der Waals surface area (Å²) in [7, 11) is 0. The monoisotopic (exact) mass is 808 g/mol. The summed E-state index contributed by atoms with van der Waals surface area (Å²) in [6.07, 6.45) is 40.2. The van der Waals surface area contributed by atoms with Crippen molar-refractivity contribution >= 4 is 11.9 Å². The highest BCUT2D eigenvalue weighted by atomic mass is 16.5. The Labute approximate surface area is 356 Å². The molecule has 6 heteroatoms. The van der Waals surface area contributed by atoms with E-state index in [-0.39, 0.29) is 11.9 Å². The maximum atomic E-state index is 12.5. The fourth-order valence-electron chi connectivity index (χ4n) is 8.30. The van der Waals surface area contributed by atoms with Crippen LogP contribution in [-0.4, -0.2) is 62.4 Å². The van der Waals surface area contributed by atoms with E-state index in [1.807, 2.05) is 0 Å². The molecule has 57 heavy (non-hydrogen) atoms. The average molecular weight is 808 g/mol. The van der Waals surface area contributed by atoms with Gasteiger partial charge in [-0.1, -0.05) is 196 Å². The molecule has 0 saturated heterocycles. The van der Waals surface area contributed by atoms with Crippen LogP contribution in [0.3, 0.4) is 0 Å². The van der Waals surface area contributed by atoms with Crippen LogP contribution < -0.4 is 0 Å². The van der Waals surface area contributed by atoms with Gasteiger partial charge in [0.1, 0.15) is 0 Å². The van der Waals surface area contributed by atoms with Crippen LogP contribution in [0.4, 0.5) is 0 Å². The van der Waals surface area contributed by atoms with Gasteiger partial charge in [-0.2, -0.15) is 0 Å². The second kappa shape index (κ2) is 44.4. The molecule has 0 aliphatic rings. The van der Waals surface area contributed by atoms with Crippen molar-refractivity contribution < 1.29 is 23.8 Å². The first-order valence-electron chi connectivity index (χ1n) is 25.6. The van der Waals surface area contributed by atoms with Gasteiger partial charge in [0.2, 0.25) is 0 Å². The summed E-state index contributed by atoms with van der Waals surface area (Å²) in [5.41, 5.74) is 0. The minimum Gasteiger partial charge on any atom is -0.466 e. The summed E-state index contributed by atoms with van der Waals surface area (Å²) >= 11 is 0. The Morgan fingerprint density at radius 2 is 0.754 bits per heavy atom. The van der Waals surface area contributed by atoms with Crippen LogP contribution in [0, 0.1) is 11.8 Å². The second-order valence-corrected chi connectivity index (χ2v) is 17.6. The highest BCUT2D eigenvalue weighted by molar-refractivity contribution is 5.69. The van der Waals surface area contributed by atoms with Crippen LogP contribution in [0.15, 0.2) is 0 Å². The van der Waals surface area contributed by atoms with Gasteiger partial charge in [0.15, 0.2) is 0 Å². The van der Waals surface area contributed by atoms with Crippen molar-refractivity contribution in [3.8, 4) is 0 Å². The van der Waals surface area contributed by atoms with Crippen LogP contribution in [0.2, 0.25) is 0 Å². The molecule has 6 nitrogen and oxygen atoms in total. The molecule has 0 N–H and O–H groups in total. The van der Waals surface area contributed by atoms with E-state index >= 15 is 0 Å². The zero-order chi connectivity index (χ0) is 41.9. The Bertz CT molecular complexity index is 812. The van der Waals surface area contributed by atoms with Crippen molar-refractivity contribution in [2.45, 2.75) is 266 Å². The van der Waals surface area contributed by atoms with E-state index in [0.717, 1.165) is 83.9 Å². The van der Waals surface area contributed by atoms with E-state index in [4.69, 9.17) is 14.2 Å². The quantitative estimate of drug-likeness (QED) is 0.0451. The molecule has 0 aromatic heterocycles. The average Bonchev–Trinajstić information content (AvgIpc) is 3.21. The van der Waals surface area contributed by atoms with Crippen LogP contribution in [-0.2, 0) is 23.8 Å². The molecule has 0 aliphatic carbocycles. The zero-order valence-corrected chi connectivity index (χ0v) is 39.5. The predicted octanol–water partition coefficient (Wildman–Crippen LogP) is 15.4. The summed E-state index contributed by atoms with van der Waals surface area (Å²) < 4.78 is 17.8. The minimum absolute atomic E-state index is 0.00238. The summed E-state index contributed by atoms with van der Waals surface area (Å²) in [5, 5.41) is 0. The third-order valence-corrected chi connectivity index (χ3v) is 12.4. The molecule has 0 amide bonds. The van der Waals surface area contributed by atoms with Crippen LogP contribution in [0.5, 0.6) is 0 Å². The summed E-state index contributed by atoms with van der Waals surface area (Å²) in [5.74, 6) is 1.43. The minimum atomic E-state index is -0.00333. The van der Waals surface area contributed by atoms with Crippen LogP contribution in [0.25, 0.3) is 0 Å². The van der Waals surface area contributed by atoms with Crippen LogP contribution >= 0.6 is 0 Å². The molecular formula is C51H101NO5. The largest absolute Gasteiger partial charge is 0.466 e. The van der Waals surface area contributed by atoms with Gasteiger partial charge in [0.25, 0.3) is 0 Å². The van der Waals surface area contributed by atoms with Crippen molar-refractivity contribution in [1.29, 1.82) is 0 Å². The third-order valence-electron chi connectivity index (χ3n) is 12.4.